The Bertz CT molecular complexity index is 1650. The number of benzene rings is 4. The van der Waals surface area contributed by atoms with Gasteiger partial charge in [0, 0.05) is 27.1 Å². The third-order valence-electron chi connectivity index (χ3n) is 7.74. The topological polar surface area (TPSA) is 80.8 Å². The number of amides is 2. The van der Waals surface area contributed by atoms with E-state index in [1.165, 1.54) is 0 Å². The number of anilines is 1. The van der Waals surface area contributed by atoms with Crippen LogP contribution in [0.5, 0.6) is 0 Å². The SMILES string of the molecule is O=C1[C@@H]2[C@H](c3ccccc3Cl)OC3(C(=O)c4ccccc4C3=O)[C@H]2C(=O)N1c1cccc2ccccc12. The summed E-state index contributed by atoms with van der Waals surface area (Å²) in [7, 11) is 0. The van der Waals surface area contributed by atoms with Gasteiger partial charge in [-0.15, -0.1) is 0 Å². The van der Waals surface area contributed by atoms with Gasteiger partial charge in [-0.05, 0) is 17.5 Å². The van der Waals surface area contributed by atoms with Crippen molar-refractivity contribution in [3.8, 4) is 0 Å². The van der Waals surface area contributed by atoms with Gasteiger partial charge in [0.05, 0.1) is 23.6 Å². The van der Waals surface area contributed by atoms with E-state index in [9.17, 15) is 19.2 Å². The van der Waals surface area contributed by atoms with Gasteiger partial charge < -0.3 is 4.74 Å². The van der Waals surface area contributed by atoms with Crippen molar-refractivity contribution in [1.82, 2.24) is 0 Å². The molecule has 2 amide bonds. The van der Waals surface area contributed by atoms with Gasteiger partial charge in [-0.1, -0.05) is 90.5 Å². The number of hydrogen-bond donors (Lipinski definition) is 0. The Labute approximate surface area is 216 Å². The fraction of sp³-hybridized carbons (Fsp3) is 0.133. The summed E-state index contributed by atoms with van der Waals surface area (Å²) in [4.78, 5) is 57.2. The number of halogens is 1. The van der Waals surface area contributed by atoms with Crippen LogP contribution in [0.2, 0.25) is 5.02 Å². The molecule has 0 unspecified atom stereocenters. The van der Waals surface area contributed by atoms with Crippen LogP contribution in [0.4, 0.5) is 5.69 Å². The molecule has 2 aliphatic heterocycles. The first-order valence-corrected chi connectivity index (χ1v) is 12.3. The maximum Gasteiger partial charge on any atom is 0.241 e. The minimum absolute atomic E-state index is 0.190. The molecule has 2 saturated heterocycles. The summed E-state index contributed by atoms with van der Waals surface area (Å²) < 4.78 is 6.31. The predicted octanol–water partition coefficient (Wildman–Crippen LogP) is 5.19. The van der Waals surface area contributed by atoms with Crippen LogP contribution >= 0.6 is 11.6 Å². The first-order valence-electron chi connectivity index (χ1n) is 11.9. The Morgan fingerprint density at radius 1 is 0.703 bits per heavy atom. The highest BCUT2D eigenvalue weighted by Crippen LogP contribution is 2.58. The lowest BCUT2D eigenvalue weighted by Crippen LogP contribution is -2.51. The highest BCUT2D eigenvalue weighted by Gasteiger charge is 2.75. The van der Waals surface area contributed by atoms with Crippen molar-refractivity contribution in [2.24, 2.45) is 11.8 Å². The van der Waals surface area contributed by atoms with Crippen molar-refractivity contribution in [3.63, 3.8) is 0 Å². The molecule has 4 aromatic rings. The van der Waals surface area contributed by atoms with E-state index in [2.05, 4.69) is 0 Å². The zero-order chi connectivity index (χ0) is 25.5. The van der Waals surface area contributed by atoms with Gasteiger partial charge in [0.25, 0.3) is 0 Å². The van der Waals surface area contributed by atoms with Crippen molar-refractivity contribution in [1.29, 1.82) is 0 Å². The van der Waals surface area contributed by atoms with Crippen LogP contribution in [0.25, 0.3) is 10.8 Å². The summed E-state index contributed by atoms with van der Waals surface area (Å²) in [5.74, 6) is -4.78. The third kappa shape index (κ3) is 2.74. The quantitative estimate of drug-likeness (QED) is 0.275. The van der Waals surface area contributed by atoms with Crippen LogP contribution in [0.1, 0.15) is 32.4 Å². The van der Waals surface area contributed by atoms with Gasteiger partial charge >= 0.3 is 0 Å². The van der Waals surface area contributed by atoms with E-state index in [0.717, 1.165) is 10.3 Å². The number of carbonyl (C=O) groups excluding carboxylic acids is 4. The third-order valence-corrected chi connectivity index (χ3v) is 8.08. The molecular formula is C30H18ClNO5. The second-order valence-electron chi connectivity index (χ2n) is 9.51. The summed E-state index contributed by atoms with van der Waals surface area (Å²) in [5, 5.41) is 1.89. The van der Waals surface area contributed by atoms with Crippen molar-refractivity contribution < 1.29 is 23.9 Å². The van der Waals surface area contributed by atoms with Gasteiger partial charge in [-0.25, -0.2) is 4.90 Å². The predicted molar refractivity (Wildman–Crippen MR) is 137 cm³/mol. The molecule has 3 aliphatic rings. The average Bonchev–Trinajstić information content (AvgIpc) is 3.48. The average molecular weight is 508 g/mol. The molecule has 7 rings (SSSR count). The molecule has 0 radical (unpaired) electrons. The molecule has 0 N–H and O–H groups in total. The molecule has 4 aromatic carbocycles. The lowest BCUT2D eigenvalue weighted by Gasteiger charge is -2.27. The van der Waals surface area contributed by atoms with Gasteiger partial charge in [0.2, 0.25) is 29.0 Å². The number of nitrogens with zero attached hydrogens (tertiary/aromatic N) is 1. The molecule has 1 spiro atoms. The van der Waals surface area contributed by atoms with E-state index in [1.54, 1.807) is 60.7 Å². The van der Waals surface area contributed by atoms with E-state index in [1.807, 2.05) is 30.3 Å². The molecule has 1 aliphatic carbocycles. The summed E-state index contributed by atoms with van der Waals surface area (Å²) in [6, 6.07) is 26.0. The molecule has 180 valence electrons. The van der Waals surface area contributed by atoms with Gasteiger partial charge in [-0.2, -0.15) is 0 Å². The fourth-order valence-corrected chi connectivity index (χ4v) is 6.39. The molecule has 7 heteroatoms. The summed E-state index contributed by atoms with van der Waals surface area (Å²) >= 11 is 6.51. The molecule has 0 saturated carbocycles. The number of imide groups is 1. The zero-order valence-corrected chi connectivity index (χ0v) is 20.0. The summed E-state index contributed by atoms with van der Waals surface area (Å²) in [5.41, 5.74) is -0.895. The minimum Gasteiger partial charge on any atom is -0.349 e. The van der Waals surface area contributed by atoms with E-state index in [-0.39, 0.29) is 11.1 Å². The minimum atomic E-state index is -2.13. The normalized spacial score (nSPS) is 23.8. The maximum absolute atomic E-state index is 14.2. The second kappa shape index (κ2) is 7.68. The molecule has 6 nitrogen and oxygen atoms in total. The van der Waals surface area contributed by atoms with Crippen molar-refractivity contribution in [2.75, 3.05) is 4.90 Å². The smallest absolute Gasteiger partial charge is 0.241 e. The number of ketones is 2. The highest BCUT2D eigenvalue weighted by molar-refractivity contribution is 6.37. The van der Waals surface area contributed by atoms with Crippen LogP contribution in [-0.2, 0) is 14.3 Å². The van der Waals surface area contributed by atoms with Crippen molar-refractivity contribution >= 4 is 51.4 Å². The monoisotopic (exact) mass is 507 g/mol. The largest absolute Gasteiger partial charge is 0.349 e. The highest BCUT2D eigenvalue weighted by atomic mass is 35.5. The molecular weight excluding hydrogens is 490 g/mol. The lowest BCUT2D eigenvalue weighted by atomic mass is 9.77. The number of carbonyl (C=O) groups is 4. The number of hydrogen-bond acceptors (Lipinski definition) is 5. The Balaban J connectivity index is 1.46. The second-order valence-corrected chi connectivity index (χ2v) is 9.92. The van der Waals surface area contributed by atoms with Crippen molar-refractivity contribution in [2.45, 2.75) is 11.7 Å². The van der Waals surface area contributed by atoms with Crippen LogP contribution in [0.3, 0.4) is 0 Å². The fourth-order valence-electron chi connectivity index (χ4n) is 6.15. The zero-order valence-electron chi connectivity index (χ0n) is 19.3. The molecule has 2 fully saturated rings. The van der Waals surface area contributed by atoms with E-state index >= 15 is 0 Å². The summed E-state index contributed by atoms with van der Waals surface area (Å²) in [6.45, 7) is 0. The number of ether oxygens (including phenoxy) is 1. The summed E-state index contributed by atoms with van der Waals surface area (Å²) in [6.07, 6.45) is -1.06. The Morgan fingerprint density at radius 2 is 1.32 bits per heavy atom. The van der Waals surface area contributed by atoms with E-state index in [0.29, 0.717) is 21.7 Å². The molecule has 0 aromatic heterocycles. The Morgan fingerprint density at radius 3 is 2.05 bits per heavy atom. The Hall–Kier alpha value is -4.13. The number of rotatable bonds is 2. The van der Waals surface area contributed by atoms with Crippen LogP contribution in [-0.4, -0.2) is 29.0 Å². The van der Waals surface area contributed by atoms with Gasteiger partial charge in [0.15, 0.2) is 0 Å². The van der Waals surface area contributed by atoms with Gasteiger partial charge in [0.1, 0.15) is 0 Å². The molecule has 37 heavy (non-hydrogen) atoms. The molecule has 2 heterocycles. The Kier molecular flexibility index (Phi) is 4.59. The number of Topliss-reactive ketones (excluding diaryl/α,β-unsaturated/α-hetero) is 2. The number of fused-ring (bicyclic) bond motifs is 4. The van der Waals surface area contributed by atoms with Crippen LogP contribution < -0.4 is 4.90 Å². The molecule has 0 bridgehead atoms. The van der Waals surface area contributed by atoms with Gasteiger partial charge in [-0.3, -0.25) is 19.2 Å². The van der Waals surface area contributed by atoms with E-state index < -0.39 is 46.9 Å². The van der Waals surface area contributed by atoms with E-state index in [4.69, 9.17) is 16.3 Å². The standard InChI is InChI=1S/C30H18ClNO5/c31-21-14-6-5-13-20(21)25-23-24(30(37-25)26(33)18-11-3-4-12-19(18)27(30)34)29(36)32(28(23)35)22-15-7-9-16-8-1-2-10-17(16)22/h1-15,23-25H/t23-,24+,25-/m0/s1. The first-order chi connectivity index (χ1) is 17.9. The lowest BCUT2D eigenvalue weighted by molar-refractivity contribution is -0.127. The first kappa shape index (κ1) is 22.1. The van der Waals surface area contributed by atoms with Crippen LogP contribution in [0.15, 0.2) is 91.0 Å². The van der Waals surface area contributed by atoms with Crippen molar-refractivity contribution in [3.05, 3.63) is 113 Å². The van der Waals surface area contributed by atoms with Crippen LogP contribution in [0, 0.1) is 11.8 Å². The maximum atomic E-state index is 14.2. The molecule has 3 atom stereocenters.